The second-order valence-corrected chi connectivity index (χ2v) is 7.41. The number of pyridine rings is 1. The van der Waals surface area contributed by atoms with Crippen molar-refractivity contribution in [1.82, 2.24) is 19.9 Å². The van der Waals surface area contributed by atoms with Crippen LogP contribution < -0.4 is 15.2 Å². The van der Waals surface area contributed by atoms with E-state index in [9.17, 15) is 9.18 Å². The van der Waals surface area contributed by atoms with Gasteiger partial charge in [0.25, 0.3) is 5.56 Å². The fraction of sp³-hybridized carbons (Fsp3) is 0.381. The monoisotopic (exact) mass is 433 g/mol. The molecule has 0 radical (unpaired) electrons. The quantitative estimate of drug-likeness (QED) is 0.681. The molecular formula is C21H25ClFN5O2. The summed E-state index contributed by atoms with van der Waals surface area (Å²) in [5.74, 6) is 0.788. The molecule has 2 aromatic heterocycles. The van der Waals surface area contributed by atoms with Crippen LogP contribution in [0.2, 0.25) is 0 Å². The molecule has 0 bridgehead atoms. The van der Waals surface area contributed by atoms with Gasteiger partial charge < -0.3 is 14.6 Å². The molecular weight excluding hydrogens is 409 g/mol. The van der Waals surface area contributed by atoms with Crippen molar-refractivity contribution in [3.8, 4) is 17.3 Å². The average Bonchev–Trinajstić information content (AvgIpc) is 2.72. The van der Waals surface area contributed by atoms with E-state index in [-0.39, 0.29) is 34.6 Å². The van der Waals surface area contributed by atoms with Crippen LogP contribution in [0, 0.1) is 5.82 Å². The van der Waals surface area contributed by atoms with Gasteiger partial charge in [-0.15, -0.1) is 12.4 Å². The first-order chi connectivity index (χ1) is 14.0. The highest BCUT2D eigenvalue weighted by Crippen LogP contribution is 2.25. The maximum absolute atomic E-state index is 13.9. The zero-order valence-corrected chi connectivity index (χ0v) is 18.0. The number of rotatable bonds is 4. The predicted molar refractivity (Wildman–Crippen MR) is 118 cm³/mol. The number of fused-ring (bicyclic) bond motifs is 1. The molecule has 3 aromatic rings. The molecule has 1 N–H and O–H groups in total. The fourth-order valence-corrected chi connectivity index (χ4v) is 3.68. The number of aromatic amines is 1. The number of piperazine rings is 1. The van der Waals surface area contributed by atoms with E-state index in [4.69, 9.17) is 9.72 Å². The zero-order chi connectivity index (χ0) is 20.5. The first-order valence-electron chi connectivity index (χ1n) is 9.70. The van der Waals surface area contributed by atoms with Gasteiger partial charge in [-0.2, -0.15) is 0 Å². The summed E-state index contributed by atoms with van der Waals surface area (Å²) in [6, 6.07) is 8.56. The Bertz CT molecular complexity index is 1100. The molecule has 0 atom stereocenters. The molecule has 0 amide bonds. The lowest BCUT2D eigenvalue weighted by atomic mass is 10.2. The summed E-state index contributed by atoms with van der Waals surface area (Å²) in [6.45, 7) is 8.14. The number of nitrogens with one attached hydrogen (secondary N) is 1. The van der Waals surface area contributed by atoms with E-state index >= 15 is 0 Å². The first-order valence-corrected chi connectivity index (χ1v) is 9.70. The van der Waals surface area contributed by atoms with Crippen molar-refractivity contribution < 1.29 is 9.13 Å². The Morgan fingerprint density at radius 2 is 1.87 bits per heavy atom. The second-order valence-electron chi connectivity index (χ2n) is 7.41. The highest BCUT2D eigenvalue weighted by molar-refractivity contribution is 5.86. The molecule has 0 spiro atoms. The lowest BCUT2D eigenvalue weighted by Gasteiger charge is -2.37. The summed E-state index contributed by atoms with van der Waals surface area (Å²) < 4.78 is 19.0. The van der Waals surface area contributed by atoms with Crippen molar-refractivity contribution in [1.29, 1.82) is 0 Å². The third kappa shape index (κ3) is 4.24. The van der Waals surface area contributed by atoms with Gasteiger partial charge >= 0.3 is 0 Å². The van der Waals surface area contributed by atoms with Crippen LogP contribution in [0.25, 0.3) is 22.4 Å². The molecule has 0 unspecified atom stereocenters. The number of aromatic nitrogens is 3. The van der Waals surface area contributed by atoms with Crippen LogP contribution in [0.3, 0.4) is 0 Å². The lowest BCUT2D eigenvalue weighted by molar-refractivity contribution is 0.209. The summed E-state index contributed by atoms with van der Waals surface area (Å²) >= 11 is 0. The maximum Gasteiger partial charge on any atom is 0.262 e. The third-order valence-electron chi connectivity index (χ3n) is 5.30. The van der Waals surface area contributed by atoms with Gasteiger partial charge in [0, 0.05) is 44.4 Å². The number of H-pyrrole nitrogens is 1. The Hall–Kier alpha value is -2.71. The Morgan fingerprint density at radius 1 is 1.13 bits per heavy atom. The summed E-state index contributed by atoms with van der Waals surface area (Å²) in [5.41, 5.74) is 0.383. The van der Waals surface area contributed by atoms with Crippen molar-refractivity contribution in [2.75, 3.05) is 38.2 Å². The van der Waals surface area contributed by atoms with Crippen molar-refractivity contribution in [2.24, 2.45) is 0 Å². The summed E-state index contributed by atoms with van der Waals surface area (Å²) in [7, 11) is 1.39. The summed E-state index contributed by atoms with van der Waals surface area (Å²) in [6.07, 6.45) is 0. The lowest BCUT2D eigenvalue weighted by Crippen LogP contribution is -2.49. The predicted octanol–water partition coefficient (Wildman–Crippen LogP) is 3.09. The molecule has 1 fully saturated rings. The van der Waals surface area contributed by atoms with E-state index in [0.717, 1.165) is 32.0 Å². The molecule has 1 saturated heterocycles. The highest BCUT2D eigenvalue weighted by atomic mass is 35.5. The van der Waals surface area contributed by atoms with Crippen LogP contribution in [0.15, 0.2) is 35.1 Å². The van der Waals surface area contributed by atoms with Gasteiger partial charge in [0.2, 0.25) is 0 Å². The van der Waals surface area contributed by atoms with Crippen LogP contribution in [-0.4, -0.2) is 59.2 Å². The molecule has 3 heterocycles. The van der Waals surface area contributed by atoms with Crippen LogP contribution >= 0.6 is 12.4 Å². The standard InChI is InChI=1S/C21H24FN5O2.ClH/c1-13(2)26-7-9-27(10-8-26)18-6-4-5-15(23-18)20-24-16-11-14(22)12-17(29-3)19(16)21(28)25-20;/h4-6,11-13H,7-10H2,1-3H3,(H,24,25,28);1H. The Labute approximate surface area is 180 Å². The van der Waals surface area contributed by atoms with Gasteiger partial charge in [-0.25, -0.2) is 14.4 Å². The minimum atomic E-state index is -0.511. The van der Waals surface area contributed by atoms with Crippen molar-refractivity contribution in [3.63, 3.8) is 0 Å². The number of ether oxygens (including phenoxy) is 1. The summed E-state index contributed by atoms with van der Waals surface area (Å²) in [5, 5.41) is 0.221. The molecule has 7 nitrogen and oxygen atoms in total. The van der Waals surface area contributed by atoms with E-state index in [2.05, 4.69) is 33.6 Å². The Balaban J connectivity index is 0.00000256. The molecule has 0 saturated carbocycles. The Kier molecular flexibility index (Phi) is 6.58. The summed E-state index contributed by atoms with van der Waals surface area (Å²) in [4.78, 5) is 29.2. The van der Waals surface area contributed by atoms with Gasteiger partial charge in [-0.3, -0.25) is 9.69 Å². The molecule has 4 rings (SSSR count). The van der Waals surface area contributed by atoms with Gasteiger partial charge in [-0.1, -0.05) is 6.07 Å². The topological polar surface area (TPSA) is 74.3 Å². The number of halogens is 2. The number of hydrogen-bond donors (Lipinski definition) is 1. The smallest absolute Gasteiger partial charge is 0.262 e. The maximum atomic E-state index is 13.9. The molecule has 160 valence electrons. The second kappa shape index (κ2) is 8.97. The molecule has 30 heavy (non-hydrogen) atoms. The van der Waals surface area contributed by atoms with Crippen LogP contribution in [-0.2, 0) is 0 Å². The van der Waals surface area contributed by atoms with Crippen LogP contribution in [0.5, 0.6) is 5.75 Å². The molecule has 0 aliphatic carbocycles. The van der Waals surface area contributed by atoms with E-state index in [0.29, 0.717) is 17.6 Å². The van der Waals surface area contributed by atoms with Crippen LogP contribution in [0.4, 0.5) is 10.2 Å². The first kappa shape index (κ1) is 22.0. The van der Waals surface area contributed by atoms with Gasteiger partial charge in [-0.05, 0) is 26.0 Å². The SMILES string of the molecule is COc1cc(F)cc2nc(-c3cccc(N4CCN(C(C)C)CC4)n3)[nH]c(=O)c12.Cl. The molecule has 9 heteroatoms. The van der Waals surface area contributed by atoms with Crippen LogP contribution in [0.1, 0.15) is 13.8 Å². The van der Waals surface area contributed by atoms with E-state index in [1.54, 1.807) is 6.07 Å². The normalized spacial score (nSPS) is 14.8. The highest BCUT2D eigenvalue weighted by Gasteiger charge is 2.20. The van der Waals surface area contributed by atoms with Crippen molar-refractivity contribution in [3.05, 3.63) is 46.5 Å². The van der Waals surface area contributed by atoms with Crippen molar-refractivity contribution >= 4 is 29.1 Å². The Morgan fingerprint density at radius 3 is 2.53 bits per heavy atom. The minimum Gasteiger partial charge on any atom is -0.496 e. The number of anilines is 1. The molecule has 1 aromatic carbocycles. The van der Waals surface area contributed by atoms with E-state index in [1.165, 1.54) is 19.2 Å². The average molecular weight is 434 g/mol. The van der Waals surface area contributed by atoms with E-state index in [1.807, 2.05) is 12.1 Å². The zero-order valence-electron chi connectivity index (χ0n) is 17.2. The largest absolute Gasteiger partial charge is 0.496 e. The van der Waals surface area contributed by atoms with E-state index < -0.39 is 5.82 Å². The van der Waals surface area contributed by atoms with Gasteiger partial charge in [0.05, 0.1) is 12.6 Å². The fourth-order valence-electron chi connectivity index (χ4n) is 3.68. The van der Waals surface area contributed by atoms with Gasteiger partial charge in [0.15, 0.2) is 5.82 Å². The number of methoxy groups -OCH3 is 1. The number of nitrogens with zero attached hydrogens (tertiary/aromatic N) is 4. The minimum absolute atomic E-state index is 0. The molecule has 1 aliphatic heterocycles. The third-order valence-corrected chi connectivity index (χ3v) is 5.30. The number of hydrogen-bond acceptors (Lipinski definition) is 6. The van der Waals surface area contributed by atoms with Gasteiger partial charge in [0.1, 0.15) is 28.5 Å². The van der Waals surface area contributed by atoms with Crippen molar-refractivity contribution in [2.45, 2.75) is 19.9 Å². The molecule has 1 aliphatic rings. The number of benzene rings is 1.